The number of hydrogen-bond acceptors (Lipinski definition) is 3. The molecule has 3 nitrogen and oxygen atoms in total. The number of hydrogen-bond donors (Lipinski definition) is 0. The number of ether oxygens (including phenoxy) is 1. The summed E-state index contributed by atoms with van der Waals surface area (Å²) in [5, 5.41) is 1.05. The molecule has 0 bridgehead atoms. The van der Waals surface area contributed by atoms with Gasteiger partial charge >= 0.3 is 0 Å². The van der Waals surface area contributed by atoms with E-state index in [0.29, 0.717) is 22.9 Å². The van der Waals surface area contributed by atoms with Gasteiger partial charge in [0.1, 0.15) is 0 Å². The van der Waals surface area contributed by atoms with Crippen molar-refractivity contribution in [2.24, 2.45) is 0 Å². The minimum atomic E-state index is 0.0821. The van der Waals surface area contributed by atoms with E-state index >= 15 is 0 Å². The molecule has 2 heterocycles. The second-order valence-corrected chi connectivity index (χ2v) is 6.41. The van der Waals surface area contributed by atoms with Crippen LogP contribution in [0.2, 0.25) is 0 Å². The summed E-state index contributed by atoms with van der Waals surface area (Å²) in [6, 6.07) is 0. The molecule has 0 saturated carbocycles. The minimum Gasteiger partial charge on any atom is -0.488 e. The summed E-state index contributed by atoms with van der Waals surface area (Å²) in [5.74, 6) is 0.649. The van der Waals surface area contributed by atoms with Gasteiger partial charge in [0, 0.05) is 23.6 Å². The lowest BCUT2D eigenvalue weighted by Gasteiger charge is -2.35. The third kappa shape index (κ3) is 2.73. The fraction of sp³-hybridized carbons (Fsp3) is 0.750. The van der Waals surface area contributed by atoms with Gasteiger partial charge < -0.3 is 9.64 Å². The van der Waals surface area contributed by atoms with Crippen LogP contribution < -0.4 is 0 Å². The first kappa shape index (κ1) is 11.8. The van der Waals surface area contributed by atoms with Gasteiger partial charge in [-0.3, -0.25) is 4.79 Å². The number of rotatable bonds is 1. The highest BCUT2D eigenvalue weighted by Gasteiger charge is 2.28. The van der Waals surface area contributed by atoms with Gasteiger partial charge in [0.25, 0.3) is 5.91 Å². The summed E-state index contributed by atoms with van der Waals surface area (Å²) >= 11 is 1.95. The van der Waals surface area contributed by atoms with Crippen molar-refractivity contribution in [1.29, 1.82) is 0 Å². The van der Waals surface area contributed by atoms with Crippen LogP contribution in [-0.2, 0) is 9.53 Å². The van der Waals surface area contributed by atoms with Gasteiger partial charge in [0.2, 0.25) is 0 Å². The molecule has 16 heavy (non-hydrogen) atoms. The van der Waals surface area contributed by atoms with Gasteiger partial charge in [-0.1, -0.05) is 13.8 Å². The third-order valence-corrected chi connectivity index (χ3v) is 4.08. The fourth-order valence-electron chi connectivity index (χ4n) is 2.21. The monoisotopic (exact) mass is 241 g/mol. The van der Waals surface area contributed by atoms with Crippen LogP contribution in [-0.4, -0.2) is 41.0 Å². The fourth-order valence-corrected chi connectivity index (χ4v) is 3.53. The highest BCUT2D eigenvalue weighted by atomic mass is 32.2. The van der Waals surface area contributed by atoms with Crippen molar-refractivity contribution >= 4 is 17.7 Å². The Morgan fingerprint density at radius 3 is 2.69 bits per heavy atom. The number of amides is 1. The van der Waals surface area contributed by atoms with Crippen LogP contribution >= 0.6 is 11.8 Å². The molecule has 0 N–H and O–H groups in total. The van der Waals surface area contributed by atoms with Gasteiger partial charge in [0.15, 0.2) is 5.76 Å². The molecular formula is C12H19NO2S. The first-order chi connectivity index (χ1) is 7.66. The maximum Gasteiger partial charge on any atom is 0.288 e. The maximum atomic E-state index is 12.2. The van der Waals surface area contributed by atoms with Gasteiger partial charge in [-0.25, -0.2) is 0 Å². The molecule has 0 aromatic rings. The van der Waals surface area contributed by atoms with Crippen molar-refractivity contribution in [3.63, 3.8) is 0 Å². The second kappa shape index (κ2) is 5.13. The molecule has 0 aromatic heterocycles. The molecule has 0 aromatic carbocycles. The van der Waals surface area contributed by atoms with Crippen LogP contribution in [0.25, 0.3) is 0 Å². The zero-order valence-corrected chi connectivity index (χ0v) is 10.8. The smallest absolute Gasteiger partial charge is 0.288 e. The van der Waals surface area contributed by atoms with Crippen LogP contribution in [0, 0.1) is 0 Å². The highest BCUT2D eigenvalue weighted by molar-refractivity contribution is 8.00. The summed E-state index contributed by atoms with van der Waals surface area (Å²) < 4.78 is 5.43. The van der Waals surface area contributed by atoms with Crippen LogP contribution in [0.3, 0.4) is 0 Å². The Balaban J connectivity index is 2.00. The number of carbonyl (C=O) groups is 1. The molecule has 2 rings (SSSR count). The van der Waals surface area contributed by atoms with E-state index in [0.717, 1.165) is 25.9 Å². The van der Waals surface area contributed by atoms with E-state index in [1.165, 1.54) is 0 Å². The van der Waals surface area contributed by atoms with E-state index < -0.39 is 0 Å². The van der Waals surface area contributed by atoms with E-state index in [4.69, 9.17) is 4.74 Å². The SMILES string of the molecule is CC1CN(C(=O)C2=CCCCO2)CC(C)S1. The summed E-state index contributed by atoms with van der Waals surface area (Å²) in [6.07, 6.45) is 3.93. The first-order valence-electron chi connectivity index (χ1n) is 5.94. The van der Waals surface area contributed by atoms with Crippen LogP contribution in [0.5, 0.6) is 0 Å². The predicted octanol–water partition coefficient (Wildman–Crippen LogP) is 2.03. The van der Waals surface area contributed by atoms with Crippen molar-refractivity contribution < 1.29 is 9.53 Å². The summed E-state index contributed by atoms with van der Waals surface area (Å²) in [7, 11) is 0. The van der Waals surface area contributed by atoms with Crippen LogP contribution in [0.1, 0.15) is 26.7 Å². The predicted molar refractivity (Wildman–Crippen MR) is 66.4 cm³/mol. The molecule has 0 radical (unpaired) electrons. The Morgan fingerprint density at radius 1 is 1.44 bits per heavy atom. The van der Waals surface area contributed by atoms with Crippen LogP contribution in [0.15, 0.2) is 11.8 Å². The van der Waals surface area contributed by atoms with Gasteiger partial charge in [-0.05, 0) is 18.9 Å². The minimum absolute atomic E-state index is 0.0821. The lowest BCUT2D eigenvalue weighted by atomic mass is 10.2. The van der Waals surface area contributed by atoms with E-state index in [2.05, 4.69) is 13.8 Å². The standard InChI is InChI=1S/C12H19NO2S/c1-9-7-13(8-10(2)16-9)12(14)11-5-3-4-6-15-11/h5,9-10H,3-4,6-8H2,1-2H3. The molecule has 2 unspecified atom stereocenters. The Morgan fingerprint density at radius 2 is 2.12 bits per heavy atom. The molecule has 0 aliphatic carbocycles. The van der Waals surface area contributed by atoms with E-state index in [1.807, 2.05) is 22.7 Å². The third-order valence-electron chi connectivity index (χ3n) is 2.85. The Bertz CT molecular complexity index is 293. The van der Waals surface area contributed by atoms with Crippen LogP contribution in [0.4, 0.5) is 0 Å². The topological polar surface area (TPSA) is 29.5 Å². The zero-order chi connectivity index (χ0) is 11.5. The second-order valence-electron chi connectivity index (χ2n) is 4.53. The molecule has 90 valence electrons. The molecule has 2 aliphatic heterocycles. The molecule has 1 amide bonds. The van der Waals surface area contributed by atoms with Gasteiger partial charge in [-0.2, -0.15) is 11.8 Å². The average molecular weight is 241 g/mol. The summed E-state index contributed by atoms with van der Waals surface area (Å²) in [6.45, 7) is 6.72. The van der Waals surface area contributed by atoms with Crippen molar-refractivity contribution in [2.75, 3.05) is 19.7 Å². The average Bonchev–Trinajstić information content (AvgIpc) is 2.28. The van der Waals surface area contributed by atoms with E-state index in [9.17, 15) is 4.79 Å². The maximum absolute atomic E-state index is 12.2. The summed E-state index contributed by atoms with van der Waals surface area (Å²) in [4.78, 5) is 14.1. The summed E-state index contributed by atoms with van der Waals surface area (Å²) in [5.41, 5.74) is 0. The zero-order valence-electron chi connectivity index (χ0n) is 9.94. The molecule has 1 fully saturated rings. The van der Waals surface area contributed by atoms with E-state index in [-0.39, 0.29) is 5.91 Å². The Kier molecular flexibility index (Phi) is 3.79. The lowest BCUT2D eigenvalue weighted by molar-refractivity contribution is -0.131. The normalized spacial score (nSPS) is 30.6. The molecule has 2 aliphatic rings. The van der Waals surface area contributed by atoms with Gasteiger partial charge in [0.05, 0.1) is 6.61 Å². The molecule has 4 heteroatoms. The number of nitrogens with zero attached hydrogens (tertiary/aromatic N) is 1. The molecular weight excluding hydrogens is 222 g/mol. The largest absolute Gasteiger partial charge is 0.488 e. The number of carbonyl (C=O) groups excluding carboxylic acids is 1. The van der Waals surface area contributed by atoms with Gasteiger partial charge in [-0.15, -0.1) is 0 Å². The number of thioether (sulfide) groups is 1. The molecule has 1 saturated heterocycles. The van der Waals surface area contributed by atoms with E-state index in [1.54, 1.807) is 0 Å². The highest BCUT2D eigenvalue weighted by Crippen LogP contribution is 2.26. The number of allylic oxidation sites excluding steroid dienone is 1. The quantitative estimate of drug-likeness (QED) is 0.703. The Hall–Kier alpha value is -0.640. The van der Waals surface area contributed by atoms with Crippen molar-refractivity contribution in [2.45, 2.75) is 37.2 Å². The molecule has 2 atom stereocenters. The molecule has 0 spiro atoms. The Labute approximate surface area is 101 Å². The van der Waals surface area contributed by atoms with Crippen molar-refractivity contribution in [1.82, 2.24) is 4.90 Å². The van der Waals surface area contributed by atoms with Crippen molar-refractivity contribution in [3.05, 3.63) is 11.8 Å². The first-order valence-corrected chi connectivity index (χ1v) is 6.89. The lowest BCUT2D eigenvalue weighted by Crippen LogP contribution is -2.45. The van der Waals surface area contributed by atoms with Crippen molar-refractivity contribution in [3.8, 4) is 0 Å².